The summed E-state index contributed by atoms with van der Waals surface area (Å²) in [5.74, 6) is -0.683. The number of nitrogens with zero attached hydrogens (tertiary/aromatic N) is 2. The van der Waals surface area contributed by atoms with E-state index in [1.807, 2.05) is 0 Å². The average molecular weight is 403 g/mol. The van der Waals surface area contributed by atoms with Crippen LogP contribution in [0.15, 0.2) is 34.1 Å². The molecule has 1 amide bonds. The fraction of sp³-hybridized carbons (Fsp3) is 0.533. The van der Waals surface area contributed by atoms with Gasteiger partial charge in [-0.15, -0.1) is 0 Å². The van der Waals surface area contributed by atoms with Crippen molar-refractivity contribution in [3.05, 3.63) is 24.3 Å². The second-order valence-electron chi connectivity index (χ2n) is 6.16. The van der Waals surface area contributed by atoms with Crippen LogP contribution < -0.4 is 5.73 Å². The van der Waals surface area contributed by atoms with Gasteiger partial charge in [-0.3, -0.25) is 4.79 Å². The van der Waals surface area contributed by atoms with E-state index in [4.69, 9.17) is 10.5 Å². The second-order valence-corrected chi connectivity index (χ2v) is 9.99. The first-order chi connectivity index (χ1) is 12.2. The van der Waals surface area contributed by atoms with Crippen molar-refractivity contribution >= 4 is 26.0 Å². The summed E-state index contributed by atoms with van der Waals surface area (Å²) >= 11 is 0. The van der Waals surface area contributed by atoms with Gasteiger partial charge < -0.3 is 10.5 Å². The summed E-state index contributed by atoms with van der Waals surface area (Å²) in [6.45, 7) is 1.39. The number of sulfonamides is 2. The molecule has 2 aliphatic heterocycles. The highest BCUT2D eigenvalue weighted by atomic mass is 32.2. The molecule has 3 rings (SSSR count). The molecule has 0 bridgehead atoms. The summed E-state index contributed by atoms with van der Waals surface area (Å²) in [6.07, 6.45) is 0.939. The third-order valence-electron chi connectivity index (χ3n) is 4.57. The van der Waals surface area contributed by atoms with E-state index in [1.54, 1.807) is 0 Å². The van der Waals surface area contributed by atoms with Crippen LogP contribution in [0.2, 0.25) is 0 Å². The van der Waals surface area contributed by atoms with E-state index in [9.17, 15) is 21.6 Å². The number of carbonyl (C=O) groups is 1. The lowest BCUT2D eigenvalue weighted by atomic mass is 10.2. The molecule has 0 radical (unpaired) electrons. The largest absolute Gasteiger partial charge is 0.379 e. The van der Waals surface area contributed by atoms with Crippen molar-refractivity contribution in [2.75, 3.05) is 32.8 Å². The topological polar surface area (TPSA) is 127 Å². The van der Waals surface area contributed by atoms with E-state index < -0.39 is 32.0 Å². The fourth-order valence-electron chi connectivity index (χ4n) is 3.17. The van der Waals surface area contributed by atoms with Crippen LogP contribution >= 0.6 is 0 Å². The molecule has 144 valence electrons. The predicted molar refractivity (Wildman–Crippen MR) is 92.1 cm³/mol. The number of carbonyl (C=O) groups excluding carboxylic acids is 1. The molecule has 0 saturated carbocycles. The lowest BCUT2D eigenvalue weighted by molar-refractivity contribution is -0.121. The number of amides is 1. The number of primary amides is 1. The Labute approximate surface area is 152 Å². The molecule has 1 unspecified atom stereocenters. The Morgan fingerprint density at radius 3 is 2.04 bits per heavy atom. The molecule has 1 aromatic rings. The minimum atomic E-state index is -3.92. The molecule has 1 atom stereocenters. The van der Waals surface area contributed by atoms with Crippen LogP contribution in [0.1, 0.15) is 12.8 Å². The Kier molecular flexibility index (Phi) is 5.35. The molecule has 0 aliphatic carbocycles. The van der Waals surface area contributed by atoms with Crippen LogP contribution in [-0.2, 0) is 29.6 Å². The van der Waals surface area contributed by atoms with Crippen molar-refractivity contribution < 1.29 is 26.4 Å². The summed E-state index contributed by atoms with van der Waals surface area (Å²) < 4.78 is 58.2. The second kappa shape index (κ2) is 7.24. The van der Waals surface area contributed by atoms with Crippen LogP contribution in [0, 0.1) is 0 Å². The molecule has 11 heteroatoms. The number of morpholine rings is 1. The van der Waals surface area contributed by atoms with E-state index in [0.29, 0.717) is 26.1 Å². The quantitative estimate of drug-likeness (QED) is 0.696. The highest BCUT2D eigenvalue weighted by Crippen LogP contribution is 2.27. The average Bonchev–Trinajstić information content (AvgIpc) is 3.13. The first kappa shape index (κ1) is 19.2. The minimum Gasteiger partial charge on any atom is -0.379 e. The summed E-state index contributed by atoms with van der Waals surface area (Å²) in [5.41, 5.74) is 5.29. The molecular weight excluding hydrogens is 382 g/mol. The molecular formula is C15H21N3O6S2. The maximum atomic E-state index is 12.8. The van der Waals surface area contributed by atoms with E-state index in [0.717, 1.165) is 4.31 Å². The number of ether oxygens (including phenoxy) is 1. The number of rotatable bonds is 5. The summed E-state index contributed by atoms with van der Waals surface area (Å²) in [4.78, 5) is 11.4. The van der Waals surface area contributed by atoms with Gasteiger partial charge in [-0.2, -0.15) is 8.61 Å². The van der Waals surface area contributed by atoms with Gasteiger partial charge in [0.15, 0.2) is 0 Å². The summed E-state index contributed by atoms with van der Waals surface area (Å²) in [7, 11) is -7.61. The van der Waals surface area contributed by atoms with Crippen LogP contribution in [0.25, 0.3) is 0 Å². The van der Waals surface area contributed by atoms with Crippen LogP contribution in [-0.4, -0.2) is 70.2 Å². The van der Waals surface area contributed by atoms with Crippen LogP contribution in [0.5, 0.6) is 0 Å². The molecule has 2 saturated heterocycles. The molecule has 2 fully saturated rings. The van der Waals surface area contributed by atoms with Gasteiger partial charge in [0.25, 0.3) is 0 Å². The predicted octanol–water partition coefficient (Wildman–Crippen LogP) is -0.654. The van der Waals surface area contributed by atoms with Gasteiger partial charge in [0.05, 0.1) is 23.0 Å². The highest BCUT2D eigenvalue weighted by molar-refractivity contribution is 7.89. The number of hydrogen-bond donors (Lipinski definition) is 1. The van der Waals surface area contributed by atoms with Gasteiger partial charge >= 0.3 is 0 Å². The van der Waals surface area contributed by atoms with Gasteiger partial charge in [0.1, 0.15) is 6.04 Å². The Balaban J connectivity index is 1.86. The van der Waals surface area contributed by atoms with E-state index in [-0.39, 0.29) is 29.4 Å². The molecule has 9 nitrogen and oxygen atoms in total. The normalized spacial score (nSPS) is 23.2. The van der Waals surface area contributed by atoms with E-state index >= 15 is 0 Å². The fourth-order valence-corrected chi connectivity index (χ4v) is 6.24. The van der Waals surface area contributed by atoms with Gasteiger partial charge in [0, 0.05) is 19.6 Å². The lowest BCUT2D eigenvalue weighted by Crippen LogP contribution is -2.43. The van der Waals surface area contributed by atoms with Gasteiger partial charge in [-0.05, 0) is 37.1 Å². The molecule has 2 aliphatic rings. The first-order valence-corrected chi connectivity index (χ1v) is 11.1. The van der Waals surface area contributed by atoms with E-state index in [1.165, 1.54) is 28.6 Å². The van der Waals surface area contributed by atoms with Crippen LogP contribution in [0.4, 0.5) is 0 Å². The number of hydrogen-bond acceptors (Lipinski definition) is 6. The third kappa shape index (κ3) is 3.49. The van der Waals surface area contributed by atoms with Gasteiger partial charge in [-0.1, -0.05) is 0 Å². The van der Waals surface area contributed by atoms with Crippen molar-refractivity contribution in [3.8, 4) is 0 Å². The Bertz CT molecular complexity index is 876. The van der Waals surface area contributed by atoms with Crippen molar-refractivity contribution in [3.63, 3.8) is 0 Å². The zero-order valence-electron chi connectivity index (χ0n) is 14.1. The molecule has 26 heavy (non-hydrogen) atoms. The highest BCUT2D eigenvalue weighted by Gasteiger charge is 2.38. The number of benzene rings is 1. The van der Waals surface area contributed by atoms with Gasteiger partial charge in [-0.25, -0.2) is 16.8 Å². The smallest absolute Gasteiger partial charge is 0.243 e. The SMILES string of the molecule is NC(=O)C1CCCN1S(=O)(=O)c1ccc(S(=O)(=O)N2CCOCC2)cc1. The summed E-state index contributed by atoms with van der Waals surface area (Å²) in [6, 6.07) is 4.18. The molecule has 0 aromatic heterocycles. The Morgan fingerprint density at radius 1 is 0.962 bits per heavy atom. The zero-order valence-corrected chi connectivity index (χ0v) is 15.7. The molecule has 2 N–H and O–H groups in total. The Morgan fingerprint density at radius 2 is 1.50 bits per heavy atom. The summed E-state index contributed by atoms with van der Waals surface area (Å²) in [5, 5.41) is 0. The third-order valence-corrected chi connectivity index (χ3v) is 8.41. The van der Waals surface area contributed by atoms with Crippen molar-refractivity contribution in [2.45, 2.75) is 28.7 Å². The number of nitrogens with two attached hydrogens (primary N) is 1. The van der Waals surface area contributed by atoms with Gasteiger partial charge in [0.2, 0.25) is 26.0 Å². The maximum absolute atomic E-state index is 12.8. The monoisotopic (exact) mass is 403 g/mol. The van der Waals surface area contributed by atoms with Crippen LogP contribution in [0.3, 0.4) is 0 Å². The maximum Gasteiger partial charge on any atom is 0.243 e. The standard InChI is InChI=1S/C15H21N3O6S2/c16-15(19)14-2-1-7-18(14)26(22,23)13-5-3-12(4-6-13)25(20,21)17-8-10-24-11-9-17/h3-6,14H,1-2,7-11H2,(H2,16,19). The molecule has 2 heterocycles. The van der Waals surface area contributed by atoms with Crippen molar-refractivity contribution in [1.82, 2.24) is 8.61 Å². The minimum absolute atomic E-state index is 0.0197. The van der Waals surface area contributed by atoms with Crippen molar-refractivity contribution in [2.24, 2.45) is 5.73 Å². The first-order valence-electron chi connectivity index (χ1n) is 8.24. The van der Waals surface area contributed by atoms with Crippen molar-refractivity contribution in [1.29, 1.82) is 0 Å². The lowest BCUT2D eigenvalue weighted by Gasteiger charge is -2.26. The molecule has 0 spiro atoms. The zero-order chi connectivity index (χ0) is 18.9. The van der Waals surface area contributed by atoms with E-state index in [2.05, 4.69) is 0 Å². The molecule has 1 aromatic carbocycles. The Hall–Kier alpha value is -1.53.